The minimum absolute atomic E-state index is 0.0552. The number of carbonyl (C=O) groups excluding carboxylic acids is 1. The predicted octanol–water partition coefficient (Wildman–Crippen LogP) is 1.88. The molecule has 1 aliphatic heterocycles. The van der Waals surface area contributed by atoms with Crippen LogP contribution in [0.1, 0.15) is 44.9 Å². The molecular weight excluding hydrogens is 242 g/mol. The Morgan fingerprint density at radius 3 is 2.47 bits per heavy atom. The third-order valence-electron chi connectivity index (χ3n) is 4.40. The molecule has 0 bridgehead atoms. The average molecular weight is 267 g/mol. The van der Waals surface area contributed by atoms with Gasteiger partial charge in [-0.15, -0.1) is 0 Å². The minimum atomic E-state index is 0.0552. The summed E-state index contributed by atoms with van der Waals surface area (Å²) in [4.78, 5) is 11.9. The summed E-state index contributed by atoms with van der Waals surface area (Å²) in [5.41, 5.74) is 0. The van der Waals surface area contributed by atoms with Gasteiger partial charge in [0.15, 0.2) is 0 Å². The maximum Gasteiger partial charge on any atom is 0.246 e. The number of rotatable bonds is 7. The molecule has 0 aromatic heterocycles. The molecule has 0 spiro atoms. The second-order valence-electron chi connectivity index (χ2n) is 6.27. The monoisotopic (exact) mass is 267 g/mol. The molecule has 1 amide bonds. The molecule has 4 heteroatoms. The topological polar surface area (TPSA) is 47.6 Å². The van der Waals surface area contributed by atoms with Crippen LogP contribution in [0.15, 0.2) is 0 Å². The SMILES string of the molecule is O=C(COCC1CCCCO1)NC(C1CC1)C1CC1. The molecule has 2 aliphatic carbocycles. The van der Waals surface area contributed by atoms with Gasteiger partial charge in [0.25, 0.3) is 0 Å². The van der Waals surface area contributed by atoms with E-state index in [0.717, 1.165) is 31.3 Å². The first-order valence-corrected chi connectivity index (χ1v) is 7.81. The van der Waals surface area contributed by atoms with Crippen molar-refractivity contribution in [1.29, 1.82) is 0 Å². The van der Waals surface area contributed by atoms with E-state index < -0.39 is 0 Å². The lowest BCUT2D eigenvalue weighted by Gasteiger charge is -2.22. The Bertz CT molecular complexity index is 295. The summed E-state index contributed by atoms with van der Waals surface area (Å²) < 4.78 is 11.1. The number of amides is 1. The molecule has 4 nitrogen and oxygen atoms in total. The van der Waals surface area contributed by atoms with E-state index in [1.54, 1.807) is 0 Å². The average Bonchev–Trinajstić information content (AvgIpc) is 3.30. The van der Waals surface area contributed by atoms with Crippen LogP contribution >= 0.6 is 0 Å². The van der Waals surface area contributed by atoms with Gasteiger partial charge in [0.2, 0.25) is 5.91 Å². The Labute approximate surface area is 115 Å². The fourth-order valence-electron chi connectivity index (χ4n) is 2.98. The lowest BCUT2D eigenvalue weighted by Crippen LogP contribution is -2.40. The van der Waals surface area contributed by atoms with Gasteiger partial charge in [-0.25, -0.2) is 0 Å². The van der Waals surface area contributed by atoms with Crippen LogP contribution in [0, 0.1) is 11.8 Å². The zero-order chi connectivity index (χ0) is 13.1. The van der Waals surface area contributed by atoms with E-state index in [-0.39, 0.29) is 18.6 Å². The van der Waals surface area contributed by atoms with Crippen LogP contribution in [0.4, 0.5) is 0 Å². The minimum Gasteiger partial charge on any atom is -0.376 e. The van der Waals surface area contributed by atoms with E-state index >= 15 is 0 Å². The Balaban J connectivity index is 1.31. The molecule has 0 radical (unpaired) electrons. The molecule has 3 aliphatic rings. The summed E-state index contributed by atoms with van der Waals surface area (Å²) in [7, 11) is 0. The van der Waals surface area contributed by atoms with Gasteiger partial charge in [0.05, 0.1) is 12.7 Å². The van der Waals surface area contributed by atoms with Gasteiger partial charge >= 0.3 is 0 Å². The number of carbonyl (C=O) groups is 1. The molecule has 0 aromatic carbocycles. The van der Waals surface area contributed by atoms with Crippen LogP contribution in [-0.4, -0.2) is 37.9 Å². The molecule has 2 saturated carbocycles. The summed E-state index contributed by atoms with van der Waals surface area (Å²) >= 11 is 0. The molecule has 19 heavy (non-hydrogen) atoms. The van der Waals surface area contributed by atoms with Crippen LogP contribution in [0.2, 0.25) is 0 Å². The lowest BCUT2D eigenvalue weighted by molar-refractivity contribution is -0.128. The predicted molar refractivity (Wildman–Crippen MR) is 71.8 cm³/mol. The van der Waals surface area contributed by atoms with Crippen LogP contribution < -0.4 is 5.32 Å². The van der Waals surface area contributed by atoms with E-state index in [9.17, 15) is 4.79 Å². The number of hydrogen-bond donors (Lipinski definition) is 1. The van der Waals surface area contributed by atoms with Crippen molar-refractivity contribution in [2.75, 3.05) is 19.8 Å². The van der Waals surface area contributed by atoms with E-state index in [0.29, 0.717) is 12.6 Å². The van der Waals surface area contributed by atoms with Crippen molar-refractivity contribution < 1.29 is 14.3 Å². The third-order valence-corrected chi connectivity index (χ3v) is 4.40. The highest BCUT2D eigenvalue weighted by atomic mass is 16.5. The van der Waals surface area contributed by atoms with Crippen molar-refractivity contribution >= 4 is 5.91 Å². The number of hydrogen-bond acceptors (Lipinski definition) is 3. The molecule has 1 saturated heterocycles. The Kier molecular flexibility index (Phi) is 4.38. The first kappa shape index (κ1) is 13.4. The standard InChI is InChI=1S/C15H25NO3/c17-14(10-18-9-13-3-1-2-8-19-13)16-15(11-4-5-11)12-6-7-12/h11-13,15H,1-10H2,(H,16,17). The lowest BCUT2D eigenvalue weighted by atomic mass is 10.1. The molecule has 1 heterocycles. The second kappa shape index (κ2) is 6.23. The van der Waals surface area contributed by atoms with Crippen LogP contribution in [0.5, 0.6) is 0 Å². The van der Waals surface area contributed by atoms with Crippen molar-refractivity contribution in [1.82, 2.24) is 5.32 Å². The molecule has 3 fully saturated rings. The molecule has 1 atom stereocenters. The van der Waals surface area contributed by atoms with E-state index in [1.807, 2.05) is 0 Å². The quantitative estimate of drug-likeness (QED) is 0.766. The van der Waals surface area contributed by atoms with Crippen molar-refractivity contribution in [2.24, 2.45) is 11.8 Å². The first-order chi connectivity index (χ1) is 9.33. The fourth-order valence-corrected chi connectivity index (χ4v) is 2.98. The number of ether oxygens (including phenoxy) is 2. The van der Waals surface area contributed by atoms with Gasteiger partial charge in [0, 0.05) is 12.6 Å². The van der Waals surface area contributed by atoms with Crippen LogP contribution in [0.25, 0.3) is 0 Å². The number of nitrogens with one attached hydrogen (secondary N) is 1. The first-order valence-electron chi connectivity index (χ1n) is 7.81. The van der Waals surface area contributed by atoms with Crippen molar-refractivity contribution in [3.8, 4) is 0 Å². The van der Waals surface area contributed by atoms with Gasteiger partial charge in [-0.2, -0.15) is 0 Å². The Hall–Kier alpha value is -0.610. The van der Waals surface area contributed by atoms with Crippen molar-refractivity contribution in [3.05, 3.63) is 0 Å². The normalized spacial score (nSPS) is 27.5. The largest absolute Gasteiger partial charge is 0.376 e. The maximum absolute atomic E-state index is 11.9. The summed E-state index contributed by atoms with van der Waals surface area (Å²) in [5, 5.41) is 3.17. The highest BCUT2D eigenvalue weighted by Gasteiger charge is 2.42. The van der Waals surface area contributed by atoms with Crippen molar-refractivity contribution in [3.63, 3.8) is 0 Å². The van der Waals surface area contributed by atoms with Gasteiger partial charge in [-0.05, 0) is 56.8 Å². The van der Waals surface area contributed by atoms with E-state index in [4.69, 9.17) is 9.47 Å². The molecule has 3 rings (SSSR count). The van der Waals surface area contributed by atoms with Gasteiger partial charge in [-0.3, -0.25) is 4.79 Å². The smallest absolute Gasteiger partial charge is 0.246 e. The summed E-state index contributed by atoms with van der Waals surface area (Å²) in [6.07, 6.45) is 8.79. The molecule has 0 aromatic rings. The Morgan fingerprint density at radius 2 is 1.89 bits per heavy atom. The summed E-state index contributed by atoms with van der Waals surface area (Å²) in [5.74, 6) is 1.55. The van der Waals surface area contributed by atoms with E-state index in [2.05, 4.69) is 5.32 Å². The van der Waals surface area contributed by atoms with Crippen LogP contribution in [-0.2, 0) is 14.3 Å². The summed E-state index contributed by atoms with van der Waals surface area (Å²) in [6, 6.07) is 0.432. The molecular formula is C15H25NO3. The Morgan fingerprint density at radius 1 is 1.16 bits per heavy atom. The fraction of sp³-hybridized carbons (Fsp3) is 0.933. The summed E-state index contributed by atoms with van der Waals surface area (Å²) in [6.45, 7) is 1.59. The zero-order valence-electron chi connectivity index (χ0n) is 11.6. The van der Waals surface area contributed by atoms with Gasteiger partial charge in [0.1, 0.15) is 6.61 Å². The maximum atomic E-state index is 11.9. The second-order valence-corrected chi connectivity index (χ2v) is 6.27. The molecule has 108 valence electrons. The highest BCUT2D eigenvalue weighted by molar-refractivity contribution is 5.77. The van der Waals surface area contributed by atoms with Gasteiger partial charge < -0.3 is 14.8 Å². The molecule has 1 N–H and O–H groups in total. The van der Waals surface area contributed by atoms with Crippen LogP contribution in [0.3, 0.4) is 0 Å². The molecule has 1 unspecified atom stereocenters. The third kappa shape index (κ3) is 4.18. The highest BCUT2D eigenvalue weighted by Crippen LogP contribution is 2.44. The zero-order valence-corrected chi connectivity index (χ0v) is 11.6. The van der Waals surface area contributed by atoms with Gasteiger partial charge in [-0.1, -0.05) is 0 Å². The van der Waals surface area contributed by atoms with E-state index in [1.165, 1.54) is 32.1 Å². The van der Waals surface area contributed by atoms with Crippen molar-refractivity contribution in [2.45, 2.75) is 57.1 Å².